The minimum Gasteiger partial charge on any atom is -0.473 e. The first-order chi connectivity index (χ1) is 7.45. The molecule has 0 bridgehead atoms. The van der Waals surface area contributed by atoms with Gasteiger partial charge in [-0.3, -0.25) is 0 Å². The standard InChI is InChI=1S/C13H16O2/c1-2-6-12(7-3-1)9-11-15-13-8-4-5-10-14-13/h1-3,5-7,10,13H,4,8-9,11H2. The summed E-state index contributed by atoms with van der Waals surface area (Å²) in [5.74, 6) is 0. The van der Waals surface area contributed by atoms with Crippen molar-refractivity contribution in [3.8, 4) is 0 Å². The van der Waals surface area contributed by atoms with E-state index in [-0.39, 0.29) is 6.29 Å². The smallest absolute Gasteiger partial charge is 0.199 e. The summed E-state index contributed by atoms with van der Waals surface area (Å²) >= 11 is 0. The lowest BCUT2D eigenvalue weighted by atomic mass is 10.2. The van der Waals surface area contributed by atoms with Gasteiger partial charge in [-0.1, -0.05) is 30.3 Å². The predicted molar refractivity (Wildman–Crippen MR) is 59.3 cm³/mol. The molecule has 0 fully saturated rings. The monoisotopic (exact) mass is 204 g/mol. The van der Waals surface area contributed by atoms with Gasteiger partial charge in [-0.25, -0.2) is 0 Å². The minimum absolute atomic E-state index is 0.0429. The summed E-state index contributed by atoms with van der Waals surface area (Å²) < 4.78 is 10.9. The van der Waals surface area contributed by atoms with Crippen molar-refractivity contribution in [3.63, 3.8) is 0 Å². The van der Waals surface area contributed by atoms with Gasteiger partial charge in [0.2, 0.25) is 0 Å². The third-order valence-corrected chi connectivity index (χ3v) is 2.43. The molecule has 1 atom stereocenters. The van der Waals surface area contributed by atoms with Crippen molar-refractivity contribution in [1.82, 2.24) is 0 Å². The Bertz CT molecular complexity index is 306. The average Bonchev–Trinajstić information content (AvgIpc) is 2.32. The highest BCUT2D eigenvalue weighted by Crippen LogP contribution is 2.11. The molecule has 2 heteroatoms. The Morgan fingerprint density at radius 3 is 2.87 bits per heavy atom. The van der Waals surface area contributed by atoms with Gasteiger partial charge in [-0.2, -0.15) is 0 Å². The van der Waals surface area contributed by atoms with Crippen LogP contribution in [0.25, 0.3) is 0 Å². The third kappa shape index (κ3) is 3.40. The lowest BCUT2D eigenvalue weighted by Gasteiger charge is -2.19. The SMILES string of the molecule is C1=COC(OCCc2ccccc2)CC1. The zero-order valence-corrected chi connectivity index (χ0v) is 8.76. The highest BCUT2D eigenvalue weighted by Gasteiger charge is 2.10. The van der Waals surface area contributed by atoms with E-state index >= 15 is 0 Å². The summed E-state index contributed by atoms with van der Waals surface area (Å²) in [5.41, 5.74) is 1.31. The van der Waals surface area contributed by atoms with Crippen molar-refractivity contribution >= 4 is 0 Å². The molecule has 80 valence electrons. The van der Waals surface area contributed by atoms with E-state index in [0.29, 0.717) is 0 Å². The zero-order chi connectivity index (χ0) is 10.3. The number of ether oxygens (including phenoxy) is 2. The molecule has 0 aromatic heterocycles. The molecule has 0 saturated carbocycles. The number of allylic oxidation sites excluding steroid dienone is 1. The second-order valence-corrected chi connectivity index (χ2v) is 3.62. The molecular formula is C13H16O2. The van der Waals surface area contributed by atoms with E-state index in [2.05, 4.69) is 24.3 Å². The normalized spacial score (nSPS) is 19.9. The van der Waals surface area contributed by atoms with Crippen LogP contribution >= 0.6 is 0 Å². The van der Waals surface area contributed by atoms with Gasteiger partial charge in [0.1, 0.15) is 0 Å². The van der Waals surface area contributed by atoms with E-state index in [1.807, 2.05) is 12.1 Å². The van der Waals surface area contributed by atoms with Gasteiger partial charge < -0.3 is 9.47 Å². The van der Waals surface area contributed by atoms with Crippen LogP contribution in [0.1, 0.15) is 18.4 Å². The number of benzene rings is 1. The molecule has 15 heavy (non-hydrogen) atoms. The number of rotatable bonds is 4. The first kappa shape index (κ1) is 10.2. The first-order valence-corrected chi connectivity index (χ1v) is 5.41. The molecule has 0 aliphatic carbocycles. The molecule has 1 aliphatic heterocycles. The Balaban J connectivity index is 1.68. The molecule has 1 aromatic rings. The number of hydrogen-bond donors (Lipinski definition) is 0. The summed E-state index contributed by atoms with van der Waals surface area (Å²) in [4.78, 5) is 0. The summed E-state index contributed by atoms with van der Waals surface area (Å²) in [6.45, 7) is 0.725. The van der Waals surface area contributed by atoms with Crippen molar-refractivity contribution in [1.29, 1.82) is 0 Å². The molecule has 1 unspecified atom stereocenters. The number of hydrogen-bond acceptors (Lipinski definition) is 2. The highest BCUT2D eigenvalue weighted by molar-refractivity contribution is 5.14. The van der Waals surface area contributed by atoms with Gasteiger partial charge in [-0.15, -0.1) is 0 Å². The van der Waals surface area contributed by atoms with Crippen molar-refractivity contribution in [2.75, 3.05) is 6.61 Å². The van der Waals surface area contributed by atoms with Gasteiger partial charge in [0.25, 0.3) is 0 Å². The van der Waals surface area contributed by atoms with E-state index in [1.54, 1.807) is 6.26 Å². The maximum absolute atomic E-state index is 5.61. The van der Waals surface area contributed by atoms with Crippen LogP contribution in [0, 0.1) is 0 Å². The van der Waals surface area contributed by atoms with E-state index in [1.165, 1.54) is 5.56 Å². The zero-order valence-electron chi connectivity index (χ0n) is 8.76. The second-order valence-electron chi connectivity index (χ2n) is 3.62. The molecule has 0 saturated heterocycles. The predicted octanol–water partition coefficient (Wildman–Crippen LogP) is 2.90. The molecule has 1 aromatic carbocycles. The first-order valence-electron chi connectivity index (χ1n) is 5.41. The van der Waals surface area contributed by atoms with Crippen LogP contribution in [0.5, 0.6) is 0 Å². The molecule has 0 N–H and O–H groups in total. The van der Waals surface area contributed by atoms with Crippen LogP contribution in [-0.2, 0) is 15.9 Å². The van der Waals surface area contributed by atoms with E-state index < -0.39 is 0 Å². The van der Waals surface area contributed by atoms with Crippen LogP contribution in [0.3, 0.4) is 0 Å². The second kappa shape index (κ2) is 5.56. The van der Waals surface area contributed by atoms with Gasteiger partial charge in [-0.05, 0) is 24.5 Å². The van der Waals surface area contributed by atoms with Crippen LogP contribution in [0.15, 0.2) is 42.7 Å². The fourth-order valence-corrected chi connectivity index (χ4v) is 1.59. The molecule has 1 heterocycles. The maximum atomic E-state index is 5.61. The summed E-state index contributed by atoms with van der Waals surface area (Å²) in [6, 6.07) is 10.4. The van der Waals surface area contributed by atoms with Gasteiger partial charge >= 0.3 is 0 Å². The van der Waals surface area contributed by atoms with Gasteiger partial charge in [0.05, 0.1) is 12.9 Å². The largest absolute Gasteiger partial charge is 0.473 e. The van der Waals surface area contributed by atoms with Crippen molar-refractivity contribution in [2.45, 2.75) is 25.6 Å². The topological polar surface area (TPSA) is 18.5 Å². The average molecular weight is 204 g/mol. The fourth-order valence-electron chi connectivity index (χ4n) is 1.59. The van der Waals surface area contributed by atoms with Crippen LogP contribution in [-0.4, -0.2) is 12.9 Å². The summed E-state index contributed by atoms with van der Waals surface area (Å²) in [5, 5.41) is 0. The quantitative estimate of drug-likeness (QED) is 0.750. The molecule has 1 aliphatic rings. The van der Waals surface area contributed by atoms with Crippen LogP contribution < -0.4 is 0 Å². The molecule has 2 nitrogen and oxygen atoms in total. The summed E-state index contributed by atoms with van der Waals surface area (Å²) in [6.07, 6.45) is 6.68. The molecule has 2 rings (SSSR count). The Hall–Kier alpha value is -1.28. The Kier molecular flexibility index (Phi) is 3.80. The minimum atomic E-state index is -0.0429. The van der Waals surface area contributed by atoms with Crippen molar-refractivity contribution in [3.05, 3.63) is 48.2 Å². The van der Waals surface area contributed by atoms with Crippen LogP contribution in [0.4, 0.5) is 0 Å². The molecule has 0 radical (unpaired) electrons. The molecule has 0 spiro atoms. The Morgan fingerprint density at radius 1 is 1.27 bits per heavy atom. The van der Waals surface area contributed by atoms with E-state index in [4.69, 9.17) is 9.47 Å². The van der Waals surface area contributed by atoms with Crippen molar-refractivity contribution < 1.29 is 9.47 Å². The lowest BCUT2D eigenvalue weighted by molar-refractivity contribution is -0.114. The van der Waals surface area contributed by atoms with Crippen LogP contribution in [0.2, 0.25) is 0 Å². The Labute approximate surface area is 90.5 Å². The fraction of sp³-hybridized carbons (Fsp3) is 0.385. The summed E-state index contributed by atoms with van der Waals surface area (Å²) in [7, 11) is 0. The van der Waals surface area contributed by atoms with E-state index in [9.17, 15) is 0 Å². The molecular weight excluding hydrogens is 188 g/mol. The lowest BCUT2D eigenvalue weighted by Crippen LogP contribution is -2.18. The van der Waals surface area contributed by atoms with Crippen molar-refractivity contribution in [2.24, 2.45) is 0 Å². The highest BCUT2D eigenvalue weighted by atomic mass is 16.7. The maximum Gasteiger partial charge on any atom is 0.199 e. The molecule has 0 amide bonds. The van der Waals surface area contributed by atoms with Gasteiger partial charge in [0, 0.05) is 6.42 Å². The Morgan fingerprint density at radius 2 is 2.13 bits per heavy atom. The van der Waals surface area contributed by atoms with E-state index in [0.717, 1.165) is 25.9 Å². The van der Waals surface area contributed by atoms with Gasteiger partial charge in [0.15, 0.2) is 6.29 Å². The third-order valence-electron chi connectivity index (χ3n) is 2.43.